The van der Waals surface area contributed by atoms with E-state index in [1.807, 2.05) is 0 Å². The van der Waals surface area contributed by atoms with Gasteiger partial charge in [-0.15, -0.1) is 0 Å². The van der Waals surface area contributed by atoms with Crippen LogP contribution in [0.25, 0.3) is 0 Å². The van der Waals surface area contributed by atoms with Gasteiger partial charge in [-0.2, -0.15) is 13.2 Å². The molecule has 0 aromatic heterocycles. The van der Waals surface area contributed by atoms with Crippen LogP contribution in [0, 0.1) is 5.92 Å². The summed E-state index contributed by atoms with van der Waals surface area (Å²) in [5.74, 6) is -1.11. The molecule has 2 unspecified atom stereocenters. The van der Waals surface area contributed by atoms with Crippen molar-refractivity contribution < 1.29 is 17.9 Å². The van der Waals surface area contributed by atoms with E-state index in [4.69, 9.17) is 4.74 Å². The Hall–Kier alpha value is -0.250. The largest absolute Gasteiger partial charge is 0.391 e. The van der Waals surface area contributed by atoms with E-state index in [0.29, 0.717) is 19.3 Å². The highest BCUT2D eigenvalue weighted by Crippen LogP contribution is 2.34. The lowest BCUT2D eigenvalue weighted by molar-refractivity contribution is -0.178. The predicted octanol–water partition coefficient (Wildman–Crippen LogP) is 7.68. The normalized spacial score (nSPS) is 14.8. The van der Waals surface area contributed by atoms with Crippen molar-refractivity contribution in [3.8, 4) is 0 Å². The molecule has 0 aromatic rings. The summed E-state index contributed by atoms with van der Waals surface area (Å²) in [7, 11) is 1.71. The molecule has 0 aromatic carbocycles. The molecule has 0 aliphatic heterocycles. The Labute approximate surface area is 147 Å². The number of rotatable bonds is 16. The van der Waals surface area contributed by atoms with E-state index >= 15 is 0 Å². The van der Waals surface area contributed by atoms with Crippen LogP contribution < -0.4 is 0 Å². The minimum atomic E-state index is -4.04. The lowest BCUT2D eigenvalue weighted by Crippen LogP contribution is -2.23. The molecule has 146 valence electrons. The van der Waals surface area contributed by atoms with Crippen molar-refractivity contribution in [1.82, 2.24) is 0 Å². The Morgan fingerprint density at radius 3 is 1.58 bits per heavy atom. The second-order valence-electron chi connectivity index (χ2n) is 7.08. The van der Waals surface area contributed by atoms with Gasteiger partial charge in [-0.3, -0.25) is 0 Å². The summed E-state index contributed by atoms with van der Waals surface area (Å²) in [6.07, 6.45) is 8.69. The highest BCUT2D eigenvalue weighted by atomic mass is 19.4. The summed E-state index contributed by atoms with van der Waals surface area (Å²) in [6.45, 7) is 4.29. The molecule has 0 saturated heterocycles. The average molecular weight is 353 g/mol. The number of hydrogen-bond acceptors (Lipinski definition) is 1. The highest BCUT2D eigenvalue weighted by molar-refractivity contribution is 4.69. The second-order valence-corrected chi connectivity index (χ2v) is 7.08. The molecule has 0 N–H and O–H groups in total. The van der Waals surface area contributed by atoms with Crippen LogP contribution in [0.2, 0.25) is 0 Å². The van der Waals surface area contributed by atoms with Gasteiger partial charge in [0.2, 0.25) is 0 Å². The molecular weight excluding hydrogens is 313 g/mol. The van der Waals surface area contributed by atoms with Crippen LogP contribution in [-0.4, -0.2) is 19.4 Å². The molecule has 0 rings (SSSR count). The van der Waals surface area contributed by atoms with Crippen LogP contribution in [0.3, 0.4) is 0 Å². The van der Waals surface area contributed by atoms with Gasteiger partial charge >= 0.3 is 6.18 Å². The first-order chi connectivity index (χ1) is 11.5. The van der Waals surface area contributed by atoms with E-state index in [-0.39, 0.29) is 12.5 Å². The third-order valence-electron chi connectivity index (χ3n) is 4.91. The molecule has 0 spiro atoms. The molecule has 0 bridgehead atoms. The van der Waals surface area contributed by atoms with Crippen molar-refractivity contribution in [2.24, 2.45) is 5.92 Å². The third kappa shape index (κ3) is 13.1. The third-order valence-corrected chi connectivity index (χ3v) is 4.91. The molecular formula is C20H39F3O. The van der Waals surface area contributed by atoms with Crippen molar-refractivity contribution in [2.75, 3.05) is 7.11 Å². The first-order valence-electron chi connectivity index (χ1n) is 10.0. The van der Waals surface area contributed by atoms with Crippen molar-refractivity contribution in [2.45, 2.75) is 116 Å². The van der Waals surface area contributed by atoms with Gasteiger partial charge in [0.15, 0.2) is 0 Å². The standard InChI is InChI=1S/C20H39F3O/c1-4-6-8-9-11-14-18(20(21,22)23)15-12-13-17-19(24-3)16-10-7-5-2/h18-19H,4-17H2,1-3H3. The lowest BCUT2D eigenvalue weighted by Gasteiger charge is -2.21. The summed E-state index contributed by atoms with van der Waals surface area (Å²) in [5, 5.41) is 0. The number of halogens is 3. The summed E-state index contributed by atoms with van der Waals surface area (Å²) in [5.41, 5.74) is 0. The second kappa shape index (κ2) is 15.0. The molecule has 0 saturated carbocycles. The highest BCUT2D eigenvalue weighted by Gasteiger charge is 2.38. The van der Waals surface area contributed by atoms with Gasteiger partial charge < -0.3 is 4.74 Å². The van der Waals surface area contributed by atoms with Gasteiger partial charge in [0, 0.05) is 7.11 Å². The van der Waals surface area contributed by atoms with Crippen LogP contribution in [0.4, 0.5) is 13.2 Å². The van der Waals surface area contributed by atoms with E-state index < -0.39 is 12.1 Å². The Bertz CT molecular complexity index is 266. The van der Waals surface area contributed by atoms with Crippen molar-refractivity contribution >= 4 is 0 Å². The fraction of sp³-hybridized carbons (Fsp3) is 1.00. The van der Waals surface area contributed by atoms with Crippen molar-refractivity contribution in [1.29, 1.82) is 0 Å². The molecule has 4 heteroatoms. The summed E-state index contributed by atoms with van der Waals surface area (Å²) < 4.78 is 44.8. The van der Waals surface area contributed by atoms with Crippen LogP contribution in [0.5, 0.6) is 0 Å². The van der Waals surface area contributed by atoms with Gasteiger partial charge in [-0.25, -0.2) is 0 Å². The van der Waals surface area contributed by atoms with E-state index in [1.54, 1.807) is 7.11 Å². The average Bonchev–Trinajstić information content (AvgIpc) is 2.53. The van der Waals surface area contributed by atoms with Gasteiger partial charge in [-0.1, -0.05) is 78.1 Å². The van der Waals surface area contributed by atoms with Gasteiger partial charge in [-0.05, 0) is 25.7 Å². The number of methoxy groups -OCH3 is 1. The minimum absolute atomic E-state index is 0.218. The SMILES string of the molecule is CCCCCCCC(CCCCC(CCCCC)OC)C(F)(F)F. The Balaban J connectivity index is 3.96. The van der Waals surface area contributed by atoms with Crippen molar-refractivity contribution in [3.05, 3.63) is 0 Å². The topological polar surface area (TPSA) is 9.23 Å². The quantitative estimate of drug-likeness (QED) is 0.259. The molecule has 2 atom stereocenters. The first kappa shape index (κ1) is 23.8. The van der Waals surface area contributed by atoms with Crippen LogP contribution in [-0.2, 0) is 4.74 Å². The summed E-state index contributed by atoms with van der Waals surface area (Å²) in [6, 6.07) is 0. The van der Waals surface area contributed by atoms with Crippen LogP contribution >= 0.6 is 0 Å². The fourth-order valence-corrected chi connectivity index (χ4v) is 3.23. The van der Waals surface area contributed by atoms with E-state index in [9.17, 15) is 13.2 Å². The first-order valence-corrected chi connectivity index (χ1v) is 10.0. The van der Waals surface area contributed by atoms with Crippen molar-refractivity contribution in [3.63, 3.8) is 0 Å². The fourth-order valence-electron chi connectivity index (χ4n) is 3.23. The summed E-state index contributed by atoms with van der Waals surface area (Å²) >= 11 is 0. The maximum atomic E-state index is 13.1. The Morgan fingerprint density at radius 2 is 1.08 bits per heavy atom. The minimum Gasteiger partial charge on any atom is -0.381 e. The van der Waals surface area contributed by atoms with Crippen LogP contribution in [0.1, 0.15) is 104 Å². The van der Waals surface area contributed by atoms with E-state index in [2.05, 4.69) is 13.8 Å². The predicted molar refractivity (Wildman–Crippen MR) is 96.3 cm³/mol. The zero-order chi connectivity index (χ0) is 18.3. The zero-order valence-electron chi connectivity index (χ0n) is 16.1. The smallest absolute Gasteiger partial charge is 0.381 e. The summed E-state index contributed by atoms with van der Waals surface area (Å²) in [4.78, 5) is 0. The molecule has 0 aliphatic carbocycles. The molecule has 0 aliphatic rings. The monoisotopic (exact) mass is 352 g/mol. The zero-order valence-corrected chi connectivity index (χ0v) is 16.1. The maximum absolute atomic E-state index is 13.1. The Morgan fingerprint density at radius 1 is 0.667 bits per heavy atom. The molecule has 0 radical (unpaired) electrons. The molecule has 1 nitrogen and oxygen atoms in total. The van der Waals surface area contributed by atoms with E-state index in [1.165, 1.54) is 12.8 Å². The molecule has 24 heavy (non-hydrogen) atoms. The molecule has 0 fully saturated rings. The number of unbranched alkanes of at least 4 members (excludes halogenated alkanes) is 7. The number of hydrogen-bond donors (Lipinski definition) is 0. The number of alkyl halides is 3. The van der Waals surface area contributed by atoms with E-state index in [0.717, 1.165) is 51.4 Å². The molecule has 0 heterocycles. The Kier molecular flexibility index (Phi) is 14.9. The van der Waals surface area contributed by atoms with Gasteiger partial charge in [0.05, 0.1) is 12.0 Å². The van der Waals surface area contributed by atoms with Gasteiger partial charge in [0.25, 0.3) is 0 Å². The molecule has 0 amide bonds. The van der Waals surface area contributed by atoms with Crippen LogP contribution in [0.15, 0.2) is 0 Å². The lowest BCUT2D eigenvalue weighted by atomic mass is 9.93. The maximum Gasteiger partial charge on any atom is 0.391 e. The number of ether oxygens (including phenoxy) is 1. The van der Waals surface area contributed by atoms with Gasteiger partial charge in [0.1, 0.15) is 0 Å².